The topological polar surface area (TPSA) is 33.1 Å². The summed E-state index contributed by atoms with van der Waals surface area (Å²) in [6.45, 7) is 8.14. The van der Waals surface area contributed by atoms with Gasteiger partial charge in [0.1, 0.15) is 5.75 Å². The predicted octanol–water partition coefficient (Wildman–Crippen LogP) is 2.94. The number of rotatable bonds is 1. The van der Waals surface area contributed by atoms with Gasteiger partial charge in [0, 0.05) is 5.69 Å². The molecule has 0 radical (unpaired) electrons. The number of hydrogen-bond donors (Lipinski definition) is 1. The summed E-state index contributed by atoms with van der Waals surface area (Å²) < 4.78 is 0. The zero-order chi connectivity index (χ0) is 9.56. The Labute approximate surface area is 74.3 Å². The average molecular weight is 167 g/mol. The van der Waals surface area contributed by atoms with Crippen LogP contribution in [0.15, 0.2) is 18.3 Å². The van der Waals surface area contributed by atoms with Crippen LogP contribution in [0.5, 0.6) is 5.75 Å². The number of hydrogen-bond acceptors (Lipinski definition) is 2. The van der Waals surface area contributed by atoms with E-state index in [2.05, 4.69) is 18.8 Å². The maximum absolute atomic E-state index is 8.88. The molecule has 0 amide bonds. The highest BCUT2D eigenvalue weighted by atomic mass is 16.3. The third-order valence-electron chi connectivity index (χ3n) is 1.36. The van der Waals surface area contributed by atoms with Crippen molar-refractivity contribution in [3.8, 4) is 5.75 Å². The van der Waals surface area contributed by atoms with Crippen molar-refractivity contribution in [3.05, 3.63) is 24.0 Å². The third kappa shape index (κ3) is 3.37. The lowest BCUT2D eigenvalue weighted by Gasteiger charge is -2.01. The van der Waals surface area contributed by atoms with E-state index in [4.69, 9.17) is 5.11 Å². The minimum atomic E-state index is 0.226. The van der Waals surface area contributed by atoms with Gasteiger partial charge in [0.25, 0.3) is 0 Å². The summed E-state index contributed by atoms with van der Waals surface area (Å²) in [6.07, 6.45) is 1.47. The fourth-order valence-electron chi connectivity index (χ4n) is 0.739. The van der Waals surface area contributed by atoms with Crippen LogP contribution >= 0.6 is 0 Å². The minimum Gasteiger partial charge on any atom is -0.506 e. The highest BCUT2D eigenvalue weighted by Gasteiger charge is 1.98. The maximum Gasteiger partial charge on any atom is 0.133 e. The molecule has 0 aliphatic rings. The second kappa shape index (κ2) is 5.58. The van der Waals surface area contributed by atoms with Gasteiger partial charge in [-0.1, -0.05) is 27.7 Å². The molecule has 68 valence electrons. The summed E-state index contributed by atoms with van der Waals surface area (Å²) in [5.74, 6) is 0.657. The van der Waals surface area contributed by atoms with E-state index in [0.717, 1.165) is 5.69 Å². The summed E-state index contributed by atoms with van der Waals surface area (Å²) in [4.78, 5) is 4.03. The number of nitrogens with zero attached hydrogens (tertiary/aromatic N) is 1. The minimum absolute atomic E-state index is 0.226. The van der Waals surface area contributed by atoms with Gasteiger partial charge in [0.05, 0.1) is 6.20 Å². The van der Waals surface area contributed by atoms with Gasteiger partial charge in [-0.3, -0.25) is 4.98 Å². The van der Waals surface area contributed by atoms with Crippen LogP contribution in [0, 0.1) is 0 Å². The molecule has 0 spiro atoms. The van der Waals surface area contributed by atoms with Gasteiger partial charge in [-0.15, -0.1) is 0 Å². The normalized spacial score (nSPS) is 9.08. The second-order valence-electron chi connectivity index (χ2n) is 2.60. The van der Waals surface area contributed by atoms with Gasteiger partial charge in [-0.2, -0.15) is 0 Å². The molecule has 2 heteroatoms. The molecule has 1 heterocycles. The Kier molecular flexibility index (Phi) is 5.09. The van der Waals surface area contributed by atoms with Crippen molar-refractivity contribution < 1.29 is 5.11 Å². The molecule has 1 aromatic rings. The van der Waals surface area contributed by atoms with E-state index in [1.165, 1.54) is 6.20 Å². The van der Waals surface area contributed by atoms with Crippen molar-refractivity contribution in [3.63, 3.8) is 0 Å². The summed E-state index contributed by atoms with van der Waals surface area (Å²) in [6, 6.07) is 3.49. The van der Waals surface area contributed by atoms with Crippen molar-refractivity contribution in [2.45, 2.75) is 33.6 Å². The van der Waals surface area contributed by atoms with Crippen LogP contribution in [-0.4, -0.2) is 10.1 Å². The maximum atomic E-state index is 8.88. The molecule has 0 aliphatic heterocycles. The molecule has 0 saturated heterocycles. The molecule has 0 aromatic carbocycles. The monoisotopic (exact) mass is 167 g/mol. The van der Waals surface area contributed by atoms with E-state index in [0.29, 0.717) is 5.92 Å². The van der Waals surface area contributed by atoms with Crippen molar-refractivity contribution >= 4 is 0 Å². The van der Waals surface area contributed by atoms with Crippen LogP contribution in [0.25, 0.3) is 0 Å². The van der Waals surface area contributed by atoms with Crippen molar-refractivity contribution in [1.82, 2.24) is 4.98 Å². The summed E-state index contributed by atoms with van der Waals surface area (Å²) >= 11 is 0. The standard InChI is InChI=1S/C8H11NO.C2H6/c1-6(2)8-4-3-7(10)5-9-8;1-2/h3-6,10H,1-2H3;1-2H3. The first-order valence-corrected chi connectivity index (χ1v) is 4.35. The largest absolute Gasteiger partial charge is 0.506 e. The molecular formula is C10H17NO. The Balaban J connectivity index is 0.000000561. The molecule has 0 aliphatic carbocycles. The smallest absolute Gasteiger partial charge is 0.133 e. The zero-order valence-corrected chi connectivity index (χ0v) is 8.20. The lowest BCUT2D eigenvalue weighted by Crippen LogP contribution is -1.89. The fourth-order valence-corrected chi connectivity index (χ4v) is 0.739. The van der Waals surface area contributed by atoms with Crippen molar-refractivity contribution in [2.24, 2.45) is 0 Å². The SMILES string of the molecule is CC.CC(C)c1ccc(O)cn1. The first kappa shape index (κ1) is 11.0. The van der Waals surface area contributed by atoms with E-state index in [-0.39, 0.29) is 5.75 Å². The third-order valence-corrected chi connectivity index (χ3v) is 1.36. The molecule has 0 fully saturated rings. The Hall–Kier alpha value is -1.05. The first-order valence-electron chi connectivity index (χ1n) is 4.35. The lowest BCUT2D eigenvalue weighted by atomic mass is 10.1. The van der Waals surface area contributed by atoms with Gasteiger partial charge in [0.15, 0.2) is 0 Å². The molecule has 1 N–H and O–H groups in total. The van der Waals surface area contributed by atoms with Crippen LogP contribution in [-0.2, 0) is 0 Å². The van der Waals surface area contributed by atoms with E-state index in [1.807, 2.05) is 19.9 Å². The Morgan fingerprint density at radius 2 is 1.83 bits per heavy atom. The van der Waals surface area contributed by atoms with Crippen LogP contribution in [0.2, 0.25) is 0 Å². The average Bonchev–Trinajstić information content (AvgIpc) is 2.09. The highest BCUT2D eigenvalue weighted by Crippen LogP contribution is 2.13. The molecule has 0 unspecified atom stereocenters. The van der Waals surface area contributed by atoms with Gasteiger partial charge in [-0.05, 0) is 18.1 Å². The highest BCUT2D eigenvalue weighted by molar-refractivity contribution is 5.19. The zero-order valence-electron chi connectivity index (χ0n) is 8.20. The molecule has 12 heavy (non-hydrogen) atoms. The molecule has 2 nitrogen and oxygen atoms in total. The lowest BCUT2D eigenvalue weighted by molar-refractivity contribution is 0.472. The Morgan fingerprint density at radius 3 is 2.17 bits per heavy atom. The van der Waals surface area contributed by atoms with Crippen LogP contribution in [0.1, 0.15) is 39.3 Å². The molecule has 1 rings (SSSR count). The molecule has 0 saturated carbocycles. The van der Waals surface area contributed by atoms with Crippen LogP contribution in [0.4, 0.5) is 0 Å². The summed E-state index contributed by atoms with van der Waals surface area (Å²) in [5, 5.41) is 8.88. The summed E-state index contributed by atoms with van der Waals surface area (Å²) in [5.41, 5.74) is 1.01. The Morgan fingerprint density at radius 1 is 1.25 bits per heavy atom. The Bertz CT molecular complexity index is 204. The second-order valence-corrected chi connectivity index (χ2v) is 2.60. The van der Waals surface area contributed by atoms with E-state index in [1.54, 1.807) is 6.07 Å². The van der Waals surface area contributed by atoms with Crippen molar-refractivity contribution in [1.29, 1.82) is 0 Å². The molecule has 0 bridgehead atoms. The van der Waals surface area contributed by atoms with Crippen LogP contribution in [0.3, 0.4) is 0 Å². The fraction of sp³-hybridized carbons (Fsp3) is 0.500. The molecule has 0 atom stereocenters. The van der Waals surface area contributed by atoms with Gasteiger partial charge < -0.3 is 5.11 Å². The van der Waals surface area contributed by atoms with E-state index >= 15 is 0 Å². The van der Waals surface area contributed by atoms with Crippen molar-refractivity contribution in [2.75, 3.05) is 0 Å². The van der Waals surface area contributed by atoms with E-state index in [9.17, 15) is 0 Å². The number of pyridine rings is 1. The molecular weight excluding hydrogens is 150 g/mol. The quantitative estimate of drug-likeness (QED) is 0.697. The first-order chi connectivity index (χ1) is 5.70. The number of aromatic nitrogens is 1. The summed E-state index contributed by atoms with van der Waals surface area (Å²) in [7, 11) is 0. The van der Waals surface area contributed by atoms with Gasteiger partial charge >= 0.3 is 0 Å². The van der Waals surface area contributed by atoms with Gasteiger partial charge in [0.2, 0.25) is 0 Å². The van der Waals surface area contributed by atoms with Crippen LogP contribution < -0.4 is 0 Å². The number of aromatic hydroxyl groups is 1. The molecule has 1 aromatic heterocycles. The van der Waals surface area contributed by atoms with E-state index < -0.39 is 0 Å². The predicted molar refractivity (Wildman–Crippen MR) is 51.3 cm³/mol. The van der Waals surface area contributed by atoms with Gasteiger partial charge in [-0.25, -0.2) is 0 Å².